The second-order valence-corrected chi connectivity index (χ2v) is 5.27. The summed E-state index contributed by atoms with van der Waals surface area (Å²) in [6, 6.07) is 14.4. The summed E-state index contributed by atoms with van der Waals surface area (Å²) in [5.41, 5.74) is 9.05. The summed E-state index contributed by atoms with van der Waals surface area (Å²) in [5, 5.41) is 0. The molecule has 18 heavy (non-hydrogen) atoms. The molecular formula is C15H17NOS. The molecule has 0 heterocycles. The molecule has 0 saturated carbocycles. The fourth-order valence-electron chi connectivity index (χ4n) is 1.76. The van der Waals surface area contributed by atoms with E-state index in [9.17, 15) is 0 Å². The van der Waals surface area contributed by atoms with Gasteiger partial charge in [-0.3, -0.25) is 0 Å². The molecule has 0 radical (unpaired) electrons. The highest BCUT2D eigenvalue weighted by atomic mass is 32.2. The number of methoxy groups -OCH3 is 1. The predicted molar refractivity (Wildman–Crippen MR) is 78.1 cm³/mol. The molecule has 0 saturated heterocycles. The van der Waals surface area contributed by atoms with Crippen molar-refractivity contribution in [1.29, 1.82) is 0 Å². The fraction of sp³-hybridized carbons (Fsp3) is 0.200. The summed E-state index contributed by atoms with van der Waals surface area (Å²) in [6.45, 7) is 2.10. The van der Waals surface area contributed by atoms with Crippen molar-refractivity contribution in [2.45, 2.75) is 17.6 Å². The standard InChI is InChI=1S/C15H17NOS/c1-11-4-3-5-15(6-11)18-10-12-7-13(16)9-14(8-12)17-2/h3-9H,10,16H2,1-2H3. The second kappa shape index (κ2) is 5.83. The minimum atomic E-state index is 0.745. The first-order valence-electron chi connectivity index (χ1n) is 5.80. The summed E-state index contributed by atoms with van der Waals surface area (Å²) < 4.78 is 5.22. The molecule has 0 bridgehead atoms. The fourth-order valence-corrected chi connectivity index (χ4v) is 2.70. The van der Waals surface area contributed by atoms with Gasteiger partial charge in [0.1, 0.15) is 5.75 Å². The molecule has 0 fully saturated rings. The molecule has 94 valence electrons. The number of nitrogens with two attached hydrogens (primary N) is 1. The topological polar surface area (TPSA) is 35.2 Å². The van der Waals surface area contributed by atoms with Gasteiger partial charge in [0.05, 0.1) is 7.11 Å². The van der Waals surface area contributed by atoms with Crippen LogP contribution in [0.5, 0.6) is 5.75 Å². The van der Waals surface area contributed by atoms with Gasteiger partial charge in [-0.05, 0) is 36.8 Å². The largest absolute Gasteiger partial charge is 0.497 e. The molecule has 0 spiro atoms. The van der Waals surface area contributed by atoms with Gasteiger partial charge >= 0.3 is 0 Å². The Hall–Kier alpha value is -1.61. The van der Waals surface area contributed by atoms with Crippen molar-refractivity contribution in [2.75, 3.05) is 12.8 Å². The van der Waals surface area contributed by atoms with Gasteiger partial charge in [0.2, 0.25) is 0 Å². The van der Waals surface area contributed by atoms with Crippen molar-refractivity contribution in [1.82, 2.24) is 0 Å². The number of benzene rings is 2. The molecule has 0 aliphatic heterocycles. The van der Waals surface area contributed by atoms with E-state index in [1.54, 1.807) is 18.9 Å². The third-order valence-electron chi connectivity index (χ3n) is 2.62. The van der Waals surface area contributed by atoms with Crippen molar-refractivity contribution in [3.8, 4) is 5.75 Å². The highest BCUT2D eigenvalue weighted by Crippen LogP contribution is 2.26. The van der Waals surface area contributed by atoms with Gasteiger partial charge in [-0.1, -0.05) is 17.7 Å². The maximum atomic E-state index is 5.84. The molecule has 2 N–H and O–H groups in total. The van der Waals surface area contributed by atoms with E-state index in [-0.39, 0.29) is 0 Å². The number of hydrogen-bond acceptors (Lipinski definition) is 3. The molecule has 2 aromatic rings. The van der Waals surface area contributed by atoms with Crippen LogP contribution in [0.15, 0.2) is 47.4 Å². The second-order valence-electron chi connectivity index (χ2n) is 4.22. The summed E-state index contributed by atoms with van der Waals surface area (Å²) in [6.07, 6.45) is 0. The zero-order valence-electron chi connectivity index (χ0n) is 10.6. The van der Waals surface area contributed by atoms with Gasteiger partial charge in [0.25, 0.3) is 0 Å². The maximum Gasteiger partial charge on any atom is 0.121 e. The summed E-state index contributed by atoms with van der Waals surface area (Å²) in [5.74, 6) is 1.71. The van der Waals surface area contributed by atoms with Crippen molar-refractivity contribution < 1.29 is 4.74 Å². The van der Waals surface area contributed by atoms with Crippen LogP contribution in [0.3, 0.4) is 0 Å². The Morgan fingerprint density at radius 1 is 1.17 bits per heavy atom. The quantitative estimate of drug-likeness (QED) is 0.668. The maximum absolute atomic E-state index is 5.84. The molecule has 0 aromatic heterocycles. The van der Waals surface area contributed by atoms with Crippen molar-refractivity contribution in [3.05, 3.63) is 53.6 Å². The molecule has 2 aromatic carbocycles. The minimum absolute atomic E-state index is 0.745. The van der Waals surface area contributed by atoms with Crippen LogP contribution in [-0.2, 0) is 5.75 Å². The number of ether oxygens (including phenoxy) is 1. The van der Waals surface area contributed by atoms with Crippen molar-refractivity contribution >= 4 is 17.4 Å². The molecule has 0 aliphatic carbocycles. The third-order valence-corrected chi connectivity index (χ3v) is 3.68. The monoisotopic (exact) mass is 259 g/mol. The van der Waals surface area contributed by atoms with E-state index in [2.05, 4.69) is 31.2 Å². The van der Waals surface area contributed by atoms with Gasteiger partial charge in [-0.2, -0.15) is 0 Å². The molecule has 0 unspecified atom stereocenters. The SMILES string of the molecule is COc1cc(N)cc(CSc2cccc(C)c2)c1. The Balaban J connectivity index is 2.08. The smallest absolute Gasteiger partial charge is 0.121 e. The van der Waals surface area contributed by atoms with Gasteiger partial charge < -0.3 is 10.5 Å². The first-order chi connectivity index (χ1) is 8.67. The highest BCUT2D eigenvalue weighted by molar-refractivity contribution is 7.98. The van der Waals surface area contributed by atoms with Crippen LogP contribution in [0.2, 0.25) is 0 Å². The number of hydrogen-bond donors (Lipinski definition) is 1. The van der Waals surface area contributed by atoms with Crippen LogP contribution >= 0.6 is 11.8 Å². The highest BCUT2D eigenvalue weighted by Gasteiger charge is 2.01. The van der Waals surface area contributed by atoms with Crippen LogP contribution in [0.4, 0.5) is 5.69 Å². The van der Waals surface area contributed by atoms with Gasteiger partial charge in [0.15, 0.2) is 0 Å². The number of rotatable bonds is 4. The average Bonchev–Trinajstić information content (AvgIpc) is 2.36. The number of aryl methyl sites for hydroxylation is 1. The molecule has 3 heteroatoms. The summed E-state index contributed by atoms with van der Waals surface area (Å²) in [4.78, 5) is 1.27. The number of thioether (sulfide) groups is 1. The Morgan fingerprint density at radius 3 is 2.72 bits per heavy atom. The van der Waals surface area contributed by atoms with E-state index in [0.29, 0.717) is 0 Å². The van der Waals surface area contributed by atoms with E-state index in [1.807, 2.05) is 18.2 Å². The Morgan fingerprint density at radius 2 is 2.00 bits per heavy atom. The number of anilines is 1. The van der Waals surface area contributed by atoms with E-state index >= 15 is 0 Å². The lowest BCUT2D eigenvalue weighted by atomic mass is 10.2. The molecule has 2 rings (SSSR count). The van der Waals surface area contributed by atoms with Gasteiger partial charge in [-0.25, -0.2) is 0 Å². The average molecular weight is 259 g/mol. The Labute approximate surface area is 112 Å². The van der Waals surface area contributed by atoms with Crippen LogP contribution in [-0.4, -0.2) is 7.11 Å². The van der Waals surface area contributed by atoms with Crippen LogP contribution < -0.4 is 10.5 Å². The van der Waals surface area contributed by atoms with E-state index in [1.165, 1.54) is 16.0 Å². The van der Waals surface area contributed by atoms with Gasteiger partial charge in [0, 0.05) is 22.4 Å². The number of nitrogen functional groups attached to an aromatic ring is 1. The van der Waals surface area contributed by atoms with Crippen molar-refractivity contribution in [2.24, 2.45) is 0 Å². The lowest BCUT2D eigenvalue weighted by molar-refractivity contribution is 0.414. The summed E-state index contributed by atoms with van der Waals surface area (Å²) in [7, 11) is 1.66. The van der Waals surface area contributed by atoms with Gasteiger partial charge in [-0.15, -0.1) is 11.8 Å². The third kappa shape index (κ3) is 3.44. The Bertz CT molecular complexity index is 540. The van der Waals surface area contributed by atoms with Crippen LogP contribution in [0.1, 0.15) is 11.1 Å². The lowest BCUT2D eigenvalue weighted by Crippen LogP contribution is -1.91. The van der Waals surface area contributed by atoms with Crippen LogP contribution in [0.25, 0.3) is 0 Å². The first-order valence-corrected chi connectivity index (χ1v) is 6.79. The molecule has 0 aliphatic rings. The molecule has 0 atom stereocenters. The molecule has 2 nitrogen and oxygen atoms in total. The zero-order chi connectivity index (χ0) is 13.0. The molecular weight excluding hydrogens is 242 g/mol. The van der Waals surface area contributed by atoms with Crippen molar-refractivity contribution in [3.63, 3.8) is 0 Å². The zero-order valence-corrected chi connectivity index (χ0v) is 11.5. The normalized spacial score (nSPS) is 10.3. The predicted octanol–water partition coefficient (Wildman–Crippen LogP) is 3.88. The van der Waals surface area contributed by atoms with E-state index in [4.69, 9.17) is 10.5 Å². The van der Waals surface area contributed by atoms with Crippen LogP contribution in [0, 0.1) is 6.92 Å². The van der Waals surface area contributed by atoms with E-state index in [0.717, 1.165) is 17.2 Å². The molecule has 0 amide bonds. The van der Waals surface area contributed by atoms with E-state index < -0.39 is 0 Å². The minimum Gasteiger partial charge on any atom is -0.497 e. The summed E-state index contributed by atoms with van der Waals surface area (Å²) >= 11 is 1.80. The lowest BCUT2D eigenvalue weighted by Gasteiger charge is -2.07. The first kappa shape index (κ1) is 12.8. The Kier molecular flexibility index (Phi) is 4.15.